The van der Waals surface area contributed by atoms with Gasteiger partial charge in [-0.15, -0.1) is 0 Å². The van der Waals surface area contributed by atoms with Crippen molar-refractivity contribution in [3.05, 3.63) is 11.0 Å². The molecule has 5 heteroatoms. The number of halogens is 1. The van der Waals surface area contributed by atoms with E-state index in [9.17, 15) is 0 Å². The van der Waals surface area contributed by atoms with E-state index < -0.39 is 0 Å². The van der Waals surface area contributed by atoms with Gasteiger partial charge in [0.1, 0.15) is 6.07 Å². The number of aromatic nitrogens is 2. The molecule has 1 rings (SSSR count). The molecular weight excluding hydrogens is 140 g/mol. The Labute approximate surface area is 56.3 Å². The summed E-state index contributed by atoms with van der Waals surface area (Å²) in [6, 6.07) is 1.79. The molecule has 0 atom stereocenters. The van der Waals surface area contributed by atoms with Crippen molar-refractivity contribution in [3.8, 4) is 6.07 Å². The number of nitriles is 1. The molecule has 0 bridgehead atoms. The van der Waals surface area contributed by atoms with Crippen LogP contribution in [0.1, 0.15) is 5.69 Å². The fourth-order valence-corrected chi connectivity index (χ4v) is 0.628. The quantitative estimate of drug-likeness (QED) is 0.554. The number of imidazole rings is 1. The van der Waals surface area contributed by atoms with Gasteiger partial charge in [-0.1, -0.05) is 0 Å². The summed E-state index contributed by atoms with van der Waals surface area (Å²) in [5.74, 6) is 0.141. The highest BCUT2D eigenvalue weighted by atomic mass is 35.5. The van der Waals surface area contributed by atoms with Crippen LogP contribution in [0, 0.1) is 11.3 Å². The third kappa shape index (κ3) is 0.952. The van der Waals surface area contributed by atoms with Crippen molar-refractivity contribution in [2.24, 2.45) is 0 Å². The number of H-pyrrole nitrogens is 1. The van der Waals surface area contributed by atoms with Gasteiger partial charge in [0.05, 0.1) is 0 Å². The fraction of sp³-hybridized carbons (Fsp3) is 0. The van der Waals surface area contributed by atoms with Crippen LogP contribution in [0.15, 0.2) is 0 Å². The molecule has 0 fully saturated rings. The van der Waals surface area contributed by atoms with Crippen LogP contribution in [0.3, 0.4) is 0 Å². The van der Waals surface area contributed by atoms with E-state index in [-0.39, 0.29) is 16.8 Å². The van der Waals surface area contributed by atoms with Gasteiger partial charge in [0.2, 0.25) is 5.28 Å². The predicted molar refractivity (Wildman–Crippen MR) is 32.7 cm³/mol. The van der Waals surface area contributed by atoms with Gasteiger partial charge in [-0.2, -0.15) is 10.2 Å². The van der Waals surface area contributed by atoms with Crippen LogP contribution in [0.4, 0.5) is 5.82 Å². The topological polar surface area (TPSA) is 78.5 Å². The molecule has 0 aliphatic heterocycles. The molecule has 1 aromatic rings. The first-order valence-electron chi connectivity index (χ1n) is 2.15. The third-order valence-electron chi connectivity index (χ3n) is 0.815. The summed E-state index contributed by atoms with van der Waals surface area (Å²) < 4.78 is 0. The van der Waals surface area contributed by atoms with Gasteiger partial charge < -0.3 is 10.7 Å². The Balaban J connectivity index is 3.20. The van der Waals surface area contributed by atoms with Crippen LogP contribution < -0.4 is 5.73 Å². The van der Waals surface area contributed by atoms with Gasteiger partial charge >= 0.3 is 0 Å². The van der Waals surface area contributed by atoms with E-state index in [0.717, 1.165) is 0 Å². The Morgan fingerprint density at radius 1 is 1.78 bits per heavy atom. The summed E-state index contributed by atoms with van der Waals surface area (Å²) in [4.78, 5) is 6.01. The monoisotopic (exact) mass is 142 g/mol. The average molecular weight is 143 g/mol. The maximum absolute atomic E-state index is 8.27. The fourth-order valence-electron chi connectivity index (χ4n) is 0.442. The lowest BCUT2D eigenvalue weighted by molar-refractivity contribution is 1.29. The second kappa shape index (κ2) is 1.96. The van der Waals surface area contributed by atoms with Gasteiger partial charge in [-0.05, 0) is 11.6 Å². The lowest BCUT2D eigenvalue weighted by atomic mass is 10.5. The van der Waals surface area contributed by atoms with Gasteiger partial charge in [-0.25, -0.2) is 0 Å². The van der Waals surface area contributed by atoms with E-state index in [4.69, 9.17) is 22.6 Å². The second-order valence-corrected chi connectivity index (χ2v) is 1.76. The molecule has 0 saturated heterocycles. The normalized spacial score (nSPS) is 8.89. The van der Waals surface area contributed by atoms with E-state index in [1.807, 2.05) is 0 Å². The highest BCUT2D eigenvalue weighted by Gasteiger charge is 2.01. The number of anilines is 1. The number of nitrogens with two attached hydrogens (primary N) is 1. The number of rotatable bonds is 0. The number of nitrogens with zero attached hydrogens (tertiary/aromatic N) is 2. The molecule has 0 aliphatic carbocycles. The molecule has 0 aromatic carbocycles. The predicted octanol–water partition coefficient (Wildman–Crippen LogP) is 0.517. The molecule has 0 saturated carbocycles. The van der Waals surface area contributed by atoms with Crippen LogP contribution >= 0.6 is 11.6 Å². The van der Waals surface area contributed by atoms with E-state index in [0.29, 0.717) is 0 Å². The summed E-state index contributed by atoms with van der Waals surface area (Å²) >= 11 is 5.35. The Morgan fingerprint density at radius 3 is 2.67 bits per heavy atom. The zero-order valence-electron chi connectivity index (χ0n) is 4.35. The summed E-state index contributed by atoms with van der Waals surface area (Å²) in [6.07, 6.45) is 0. The lowest BCUT2D eigenvalue weighted by Crippen LogP contribution is -1.86. The van der Waals surface area contributed by atoms with Crippen LogP contribution in [0.2, 0.25) is 5.28 Å². The molecule has 4 nitrogen and oxygen atoms in total. The Hall–Kier alpha value is -1.21. The maximum Gasteiger partial charge on any atom is 0.203 e. The number of aromatic amines is 1. The molecule has 1 aromatic heterocycles. The van der Waals surface area contributed by atoms with E-state index in [1.165, 1.54) is 0 Å². The summed E-state index contributed by atoms with van der Waals surface area (Å²) in [5, 5.41) is 8.41. The third-order valence-corrected chi connectivity index (χ3v) is 0.994. The first-order chi connectivity index (χ1) is 4.24. The largest absolute Gasteiger partial charge is 0.381 e. The van der Waals surface area contributed by atoms with Gasteiger partial charge in [0.25, 0.3) is 0 Å². The molecule has 0 radical (unpaired) electrons. The van der Waals surface area contributed by atoms with Crippen molar-refractivity contribution in [3.63, 3.8) is 0 Å². The maximum atomic E-state index is 8.27. The zero-order chi connectivity index (χ0) is 6.85. The number of hydrogen-bond donors (Lipinski definition) is 2. The molecule has 9 heavy (non-hydrogen) atoms. The minimum atomic E-state index is 0.141. The number of hydrogen-bond acceptors (Lipinski definition) is 3. The van der Waals surface area contributed by atoms with E-state index in [1.54, 1.807) is 6.07 Å². The summed E-state index contributed by atoms with van der Waals surface area (Å²) in [5.41, 5.74) is 5.41. The molecular formula is C4H3ClN4. The average Bonchev–Trinajstić information content (AvgIpc) is 2.10. The minimum absolute atomic E-state index is 0.141. The summed E-state index contributed by atoms with van der Waals surface area (Å²) in [7, 11) is 0. The molecule has 0 aliphatic rings. The van der Waals surface area contributed by atoms with Crippen LogP contribution in [0.25, 0.3) is 0 Å². The van der Waals surface area contributed by atoms with Crippen molar-refractivity contribution < 1.29 is 0 Å². The minimum Gasteiger partial charge on any atom is -0.381 e. The van der Waals surface area contributed by atoms with Gasteiger partial charge in [0, 0.05) is 0 Å². The standard InChI is InChI=1S/C4H3ClN4/c5-4-8-2(1-6)3(7)9-4/h7H2,(H,8,9). The number of nitrogens with one attached hydrogen (secondary N) is 1. The smallest absolute Gasteiger partial charge is 0.203 e. The van der Waals surface area contributed by atoms with Crippen LogP contribution in [-0.2, 0) is 0 Å². The zero-order valence-corrected chi connectivity index (χ0v) is 5.11. The Kier molecular flexibility index (Phi) is 1.29. The SMILES string of the molecule is N#Cc1[nH]c(Cl)nc1N. The molecule has 0 unspecified atom stereocenters. The van der Waals surface area contributed by atoms with Crippen molar-refractivity contribution in [1.29, 1.82) is 5.26 Å². The Morgan fingerprint density at radius 2 is 2.44 bits per heavy atom. The van der Waals surface area contributed by atoms with Crippen molar-refractivity contribution >= 4 is 17.4 Å². The molecule has 46 valence electrons. The second-order valence-electron chi connectivity index (χ2n) is 1.40. The molecule has 0 amide bonds. The lowest BCUT2D eigenvalue weighted by Gasteiger charge is -1.76. The molecule has 3 N–H and O–H groups in total. The van der Waals surface area contributed by atoms with Gasteiger partial charge in [-0.3, -0.25) is 0 Å². The van der Waals surface area contributed by atoms with Crippen molar-refractivity contribution in [2.45, 2.75) is 0 Å². The van der Waals surface area contributed by atoms with Crippen LogP contribution in [0.5, 0.6) is 0 Å². The Bertz CT molecular complexity index is 258. The van der Waals surface area contributed by atoms with Crippen LogP contribution in [-0.4, -0.2) is 9.97 Å². The first kappa shape index (κ1) is 5.92. The molecule has 1 heterocycles. The number of nitrogen functional groups attached to an aromatic ring is 1. The highest BCUT2D eigenvalue weighted by molar-refractivity contribution is 6.28. The van der Waals surface area contributed by atoms with E-state index in [2.05, 4.69) is 9.97 Å². The van der Waals surface area contributed by atoms with E-state index >= 15 is 0 Å². The summed E-state index contributed by atoms with van der Waals surface area (Å²) in [6.45, 7) is 0. The van der Waals surface area contributed by atoms with Crippen molar-refractivity contribution in [2.75, 3.05) is 5.73 Å². The first-order valence-corrected chi connectivity index (χ1v) is 2.53. The molecule has 0 spiro atoms. The highest BCUT2D eigenvalue weighted by Crippen LogP contribution is 2.09. The van der Waals surface area contributed by atoms with Crippen molar-refractivity contribution in [1.82, 2.24) is 9.97 Å². The van der Waals surface area contributed by atoms with Gasteiger partial charge in [0.15, 0.2) is 11.5 Å².